The van der Waals surface area contributed by atoms with Crippen LogP contribution in [0.4, 0.5) is 0 Å². The summed E-state index contributed by atoms with van der Waals surface area (Å²) in [4.78, 5) is 11.5. The van der Waals surface area contributed by atoms with Gasteiger partial charge in [0.05, 0.1) is 6.10 Å². The number of carbonyl (C=O) groups excluding carboxylic acids is 1. The fourth-order valence-corrected chi connectivity index (χ4v) is 1.78. The zero-order valence-electron chi connectivity index (χ0n) is 10.4. The van der Waals surface area contributed by atoms with Crippen LogP contribution in [0.15, 0.2) is 18.2 Å². The lowest BCUT2D eigenvalue weighted by Gasteiger charge is -2.11. The first kappa shape index (κ1) is 15.0. The first-order valence-electron chi connectivity index (χ1n) is 5.81. The zero-order valence-corrected chi connectivity index (χ0v) is 11.1. The Labute approximate surface area is 112 Å². The average Bonchev–Trinajstić information content (AvgIpc) is 2.28. The van der Waals surface area contributed by atoms with Gasteiger partial charge in [-0.15, -0.1) is 0 Å². The Hall–Kier alpha value is -1.10. The van der Waals surface area contributed by atoms with Crippen LogP contribution in [0.2, 0.25) is 5.02 Å². The van der Waals surface area contributed by atoms with Crippen LogP contribution in [0.1, 0.15) is 18.4 Å². The maximum Gasteiger partial charge on any atom is 0.172 e. The first-order chi connectivity index (χ1) is 8.52. The molecule has 4 nitrogen and oxygen atoms in total. The Kier molecular flexibility index (Phi) is 6.12. The molecule has 0 aliphatic rings. The number of aliphatic hydroxyl groups is 1. The predicted molar refractivity (Wildman–Crippen MR) is 71.0 cm³/mol. The number of aryl methyl sites for hydroxylation is 1. The van der Waals surface area contributed by atoms with Gasteiger partial charge in [-0.05, 0) is 43.7 Å². The van der Waals surface area contributed by atoms with Crippen LogP contribution in [0.3, 0.4) is 0 Å². The van der Waals surface area contributed by atoms with Crippen molar-refractivity contribution >= 4 is 17.4 Å². The van der Waals surface area contributed by atoms with Crippen LogP contribution in [-0.4, -0.2) is 30.1 Å². The third-order valence-corrected chi connectivity index (χ3v) is 2.72. The number of Topliss-reactive ketones (excluding diaryl/α,β-unsaturated/α-hetero) is 1. The van der Waals surface area contributed by atoms with Gasteiger partial charge in [-0.3, -0.25) is 4.79 Å². The number of hydrogen-bond donors (Lipinski definition) is 2. The topological polar surface area (TPSA) is 72.5 Å². The van der Waals surface area contributed by atoms with Crippen molar-refractivity contribution in [1.82, 2.24) is 0 Å². The highest BCUT2D eigenvalue weighted by Crippen LogP contribution is 2.21. The summed E-state index contributed by atoms with van der Waals surface area (Å²) in [6.07, 6.45) is -0.187. The third-order valence-electron chi connectivity index (χ3n) is 2.49. The number of aliphatic hydroxyl groups excluding tert-OH is 1. The van der Waals surface area contributed by atoms with Gasteiger partial charge in [-0.1, -0.05) is 11.6 Å². The number of benzene rings is 1. The summed E-state index contributed by atoms with van der Waals surface area (Å²) in [6, 6.07) is 5.20. The van der Waals surface area contributed by atoms with Gasteiger partial charge in [0.1, 0.15) is 12.4 Å². The first-order valence-corrected chi connectivity index (χ1v) is 6.19. The van der Waals surface area contributed by atoms with Gasteiger partial charge >= 0.3 is 0 Å². The Bertz CT molecular complexity index is 409. The highest BCUT2D eigenvalue weighted by molar-refractivity contribution is 6.30. The molecule has 100 valence electrons. The molecule has 1 rings (SSSR count). The van der Waals surface area contributed by atoms with E-state index >= 15 is 0 Å². The van der Waals surface area contributed by atoms with E-state index in [1.807, 2.05) is 6.92 Å². The fraction of sp³-hybridized carbons (Fsp3) is 0.462. The van der Waals surface area contributed by atoms with Crippen molar-refractivity contribution in [3.8, 4) is 5.75 Å². The molecule has 0 fully saturated rings. The lowest BCUT2D eigenvalue weighted by molar-refractivity contribution is -0.122. The van der Waals surface area contributed by atoms with Gasteiger partial charge in [0.2, 0.25) is 0 Å². The second kappa shape index (κ2) is 7.36. The normalized spacial score (nSPS) is 12.2. The molecule has 0 bridgehead atoms. The van der Waals surface area contributed by atoms with Crippen molar-refractivity contribution in [2.75, 3.05) is 13.2 Å². The van der Waals surface area contributed by atoms with Crippen LogP contribution < -0.4 is 10.5 Å². The van der Waals surface area contributed by atoms with Gasteiger partial charge in [0, 0.05) is 11.4 Å². The Morgan fingerprint density at radius 2 is 2.28 bits per heavy atom. The quantitative estimate of drug-likeness (QED) is 0.792. The van der Waals surface area contributed by atoms with Crippen molar-refractivity contribution in [2.24, 2.45) is 5.73 Å². The second-order valence-corrected chi connectivity index (χ2v) is 4.61. The highest BCUT2D eigenvalue weighted by Gasteiger charge is 2.11. The Morgan fingerprint density at radius 1 is 1.56 bits per heavy atom. The van der Waals surface area contributed by atoms with Gasteiger partial charge < -0.3 is 15.6 Å². The van der Waals surface area contributed by atoms with E-state index in [0.29, 0.717) is 23.7 Å². The molecule has 1 aromatic carbocycles. The molecule has 0 aromatic heterocycles. The summed E-state index contributed by atoms with van der Waals surface area (Å²) >= 11 is 5.82. The van der Waals surface area contributed by atoms with E-state index in [2.05, 4.69) is 0 Å². The number of carbonyl (C=O) groups is 1. The summed E-state index contributed by atoms with van der Waals surface area (Å²) in [5.41, 5.74) is 6.16. The molecular weight excluding hydrogens is 254 g/mol. The fourth-order valence-electron chi connectivity index (χ4n) is 1.55. The van der Waals surface area contributed by atoms with Crippen molar-refractivity contribution in [3.05, 3.63) is 28.8 Å². The van der Waals surface area contributed by atoms with Crippen molar-refractivity contribution < 1.29 is 14.6 Å². The molecule has 0 heterocycles. The van der Waals surface area contributed by atoms with Crippen molar-refractivity contribution in [3.63, 3.8) is 0 Å². The highest BCUT2D eigenvalue weighted by atomic mass is 35.5. The van der Waals surface area contributed by atoms with E-state index in [1.165, 1.54) is 0 Å². The molecule has 0 saturated carbocycles. The molecule has 0 amide bonds. The minimum absolute atomic E-state index is 0.0515. The zero-order chi connectivity index (χ0) is 13.5. The maximum absolute atomic E-state index is 11.5. The molecule has 1 atom stereocenters. The maximum atomic E-state index is 11.5. The smallest absolute Gasteiger partial charge is 0.172 e. The summed E-state index contributed by atoms with van der Waals surface area (Å²) < 4.78 is 5.38. The summed E-state index contributed by atoms with van der Waals surface area (Å²) in [5, 5.41) is 10.1. The van der Waals surface area contributed by atoms with E-state index < -0.39 is 6.10 Å². The van der Waals surface area contributed by atoms with Gasteiger partial charge in [0.15, 0.2) is 5.78 Å². The molecule has 0 spiro atoms. The minimum Gasteiger partial charge on any atom is -0.486 e. The third kappa shape index (κ3) is 5.04. The SMILES string of the molecule is Cc1cc(Cl)ccc1OCC(=O)CC(O)CCN. The van der Waals surface area contributed by atoms with E-state index in [0.717, 1.165) is 5.56 Å². The van der Waals surface area contributed by atoms with Crippen LogP contribution in [0.5, 0.6) is 5.75 Å². The number of hydrogen-bond acceptors (Lipinski definition) is 4. The minimum atomic E-state index is -0.683. The van der Waals surface area contributed by atoms with E-state index in [9.17, 15) is 9.90 Å². The number of halogens is 1. The summed E-state index contributed by atoms with van der Waals surface area (Å²) in [5.74, 6) is 0.478. The van der Waals surface area contributed by atoms with Gasteiger partial charge in [0.25, 0.3) is 0 Å². The number of ketones is 1. The van der Waals surface area contributed by atoms with Gasteiger partial charge in [-0.25, -0.2) is 0 Å². The molecule has 0 saturated heterocycles. The largest absolute Gasteiger partial charge is 0.486 e. The monoisotopic (exact) mass is 271 g/mol. The molecule has 0 aliphatic heterocycles. The summed E-state index contributed by atoms with van der Waals surface area (Å²) in [6.45, 7) is 2.17. The molecule has 0 aliphatic carbocycles. The lowest BCUT2D eigenvalue weighted by atomic mass is 10.1. The molecule has 0 radical (unpaired) electrons. The van der Waals surface area contributed by atoms with Gasteiger partial charge in [-0.2, -0.15) is 0 Å². The molecule has 5 heteroatoms. The molecular formula is C13H18ClNO3. The number of nitrogens with two attached hydrogens (primary N) is 1. The van der Waals surface area contributed by atoms with E-state index in [-0.39, 0.29) is 18.8 Å². The predicted octanol–water partition coefficient (Wildman–Crippen LogP) is 1.70. The van der Waals surface area contributed by atoms with Crippen LogP contribution >= 0.6 is 11.6 Å². The molecule has 1 unspecified atom stereocenters. The molecule has 18 heavy (non-hydrogen) atoms. The lowest BCUT2D eigenvalue weighted by Crippen LogP contribution is -2.21. The van der Waals surface area contributed by atoms with Crippen LogP contribution in [0.25, 0.3) is 0 Å². The van der Waals surface area contributed by atoms with Crippen molar-refractivity contribution in [2.45, 2.75) is 25.9 Å². The molecule has 3 N–H and O–H groups in total. The second-order valence-electron chi connectivity index (χ2n) is 4.17. The van der Waals surface area contributed by atoms with E-state index in [4.69, 9.17) is 22.1 Å². The molecule has 1 aromatic rings. The Balaban J connectivity index is 2.42. The standard InChI is InChI=1S/C13H18ClNO3/c1-9-6-10(14)2-3-13(9)18-8-12(17)7-11(16)4-5-15/h2-3,6,11,16H,4-5,7-8,15H2,1H3. The number of rotatable bonds is 7. The van der Waals surface area contributed by atoms with E-state index in [1.54, 1.807) is 18.2 Å². The van der Waals surface area contributed by atoms with Crippen molar-refractivity contribution in [1.29, 1.82) is 0 Å². The Morgan fingerprint density at radius 3 is 2.89 bits per heavy atom. The summed E-state index contributed by atoms with van der Waals surface area (Å²) in [7, 11) is 0. The van der Waals surface area contributed by atoms with Crippen LogP contribution in [0, 0.1) is 6.92 Å². The number of ether oxygens (including phenoxy) is 1. The van der Waals surface area contributed by atoms with Crippen LogP contribution in [-0.2, 0) is 4.79 Å². The average molecular weight is 272 g/mol.